The van der Waals surface area contributed by atoms with Crippen molar-refractivity contribution in [1.82, 2.24) is 0 Å². The van der Waals surface area contributed by atoms with Crippen LogP contribution >= 0.6 is 0 Å². The van der Waals surface area contributed by atoms with Crippen LogP contribution in [0.2, 0.25) is 0 Å². The lowest BCUT2D eigenvalue weighted by molar-refractivity contribution is 0.304. The molecule has 0 aliphatic carbocycles. The molecule has 2 nitrogen and oxygen atoms in total. The molecular weight excluding hydrogens is 318 g/mol. The number of nitrogens with zero attached hydrogens (tertiary/aromatic N) is 1. The summed E-state index contributed by atoms with van der Waals surface area (Å²) in [4.78, 5) is 0. The van der Waals surface area contributed by atoms with E-state index in [9.17, 15) is 0 Å². The van der Waals surface area contributed by atoms with Gasteiger partial charge in [-0.15, -0.1) is 0 Å². The zero-order chi connectivity index (χ0) is 18.5. The van der Waals surface area contributed by atoms with E-state index in [2.05, 4.69) is 25.1 Å². The van der Waals surface area contributed by atoms with Crippen molar-refractivity contribution in [3.63, 3.8) is 0 Å². The van der Waals surface area contributed by atoms with Gasteiger partial charge in [0.15, 0.2) is 0 Å². The number of unbranched alkanes of at least 4 members (excludes halogenated alkanes) is 8. The first-order chi connectivity index (χ1) is 12.8. The molecule has 0 aliphatic heterocycles. The maximum atomic E-state index is 8.86. The minimum Gasteiger partial charge on any atom is -0.494 e. The van der Waals surface area contributed by atoms with Gasteiger partial charge in [-0.3, -0.25) is 0 Å². The standard InChI is InChI=1S/C24H31NO/c1-2-3-4-5-6-7-8-9-10-19-26-24-17-15-23(16-18-24)22-13-11-21(20-25)12-14-22/h11-18H,2-10,19H2,1H3. The molecule has 0 fully saturated rings. The molecule has 0 unspecified atom stereocenters. The monoisotopic (exact) mass is 349 g/mol. The number of benzene rings is 2. The highest BCUT2D eigenvalue weighted by atomic mass is 16.5. The summed E-state index contributed by atoms with van der Waals surface area (Å²) in [5.41, 5.74) is 2.95. The smallest absolute Gasteiger partial charge is 0.119 e. The highest BCUT2D eigenvalue weighted by Gasteiger charge is 2.00. The van der Waals surface area contributed by atoms with Crippen LogP contribution in [0.1, 0.15) is 70.3 Å². The molecule has 0 atom stereocenters. The van der Waals surface area contributed by atoms with E-state index in [4.69, 9.17) is 10.00 Å². The van der Waals surface area contributed by atoms with Crippen LogP contribution < -0.4 is 4.74 Å². The Kier molecular flexibility index (Phi) is 9.36. The maximum Gasteiger partial charge on any atom is 0.119 e. The molecule has 0 radical (unpaired) electrons. The molecule has 2 aromatic carbocycles. The molecule has 0 aliphatic rings. The van der Waals surface area contributed by atoms with Crippen molar-refractivity contribution in [2.24, 2.45) is 0 Å². The maximum absolute atomic E-state index is 8.86. The molecule has 0 bridgehead atoms. The second-order valence-electron chi connectivity index (χ2n) is 6.89. The molecule has 0 saturated heterocycles. The molecule has 0 heterocycles. The first-order valence-corrected chi connectivity index (χ1v) is 10.1. The Morgan fingerprint density at radius 3 is 1.73 bits per heavy atom. The number of hydrogen-bond donors (Lipinski definition) is 0. The van der Waals surface area contributed by atoms with Crippen LogP contribution in [0.25, 0.3) is 11.1 Å². The Balaban J connectivity index is 1.61. The highest BCUT2D eigenvalue weighted by molar-refractivity contribution is 5.64. The van der Waals surface area contributed by atoms with Crippen molar-refractivity contribution < 1.29 is 4.74 Å². The van der Waals surface area contributed by atoms with Crippen LogP contribution in [-0.2, 0) is 0 Å². The van der Waals surface area contributed by atoms with Crippen LogP contribution in [0, 0.1) is 11.3 Å². The van der Waals surface area contributed by atoms with Gasteiger partial charge in [-0.1, -0.05) is 82.6 Å². The summed E-state index contributed by atoms with van der Waals surface area (Å²) < 4.78 is 5.85. The zero-order valence-corrected chi connectivity index (χ0v) is 16.0. The minimum atomic E-state index is 0.690. The van der Waals surface area contributed by atoms with E-state index in [-0.39, 0.29) is 0 Å². The highest BCUT2D eigenvalue weighted by Crippen LogP contribution is 2.23. The predicted molar refractivity (Wildman–Crippen MR) is 109 cm³/mol. The van der Waals surface area contributed by atoms with E-state index in [1.54, 1.807) is 0 Å². The largest absolute Gasteiger partial charge is 0.494 e. The molecule has 0 aromatic heterocycles. The fourth-order valence-electron chi connectivity index (χ4n) is 3.08. The lowest BCUT2D eigenvalue weighted by Gasteiger charge is -2.08. The third-order valence-electron chi connectivity index (χ3n) is 4.72. The zero-order valence-electron chi connectivity index (χ0n) is 16.0. The second-order valence-corrected chi connectivity index (χ2v) is 6.89. The molecule has 0 saturated carbocycles. The van der Waals surface area contributed by atoms with Gasteiger partial charge in [0.25, 0.3) is 0 Å². The Morgan fingerprint density at radius 1 is 0.692 bits per heavy atom. The molecular formula is C24H31NO. The molecule has 0 amide bonds. The number of hydrogen-bond acceptors (Lipinski definition) is 2. The average molecular weight is 350 g/mol. The van der Waals surface area contributed by atoms with Gasteiger partial charge in [-0.05, 0) is 41.8 Å². The Labute approximate surface area is 158 Å². The predicted octanol–water partition coefficient (Wildman–Crippen LogP) is 7.13. The van der Waals surface area contributed by atoms with E-state index < -0.39 is 0 Å². The molecule has 26 heavy (non-hydrogen) atoms. The first kappa shape index (κ1) is 20.0. The van der Waals surface area contributed by atoms with Gasteiger partial charge >= 0.3 is 0 Å². The lowest BCUT2D eigenvalue weighted by Crippen LogP contribution is -1.97. The van der Waals surface area contributed by atoms with Gasteiger partial charge in [-0.25, -0.2) is 0 Å². The summed E-state index contributed by atoms with van der Waals surface area (Å²) in [6, 6.07) is 18.0. The van der Waals surface area contributed by atoms with Gasteiger partial charge in [-0.2, -0.15) is 5.26 Å². The van der Waals surface area contributed by atoms with Crippen molar-refractivity contribution in [2.75, 3.05) is 6.61 Å². The fourth-order valence-corrected chi connectivity index (χ4v) is 3.08. The number of ether oxygens (including phenoxy) is 1. The quantitative estimate of drug-likeness (QED) is 0.382. The lowest BCUT2D eigenvalue weighted by atomic mass is 10.0. The topological polar surface area (TPSA) is 33.0 Å². The van der Waals surface area contributed by atoms with Crippen molar-refractivity contribution in [3.05, 3.63) is 54.1 Å². The summed E-state index contributed by atoms with van der Waals surface area (Å²) in [7, 11) is 0. The van der Waals surface area contributed by atoms with E-state index in [1.165, 1.54) is 51.4 Å². The first-order valence-electron chi connectivity index (χ1n) is 10.1. The van der Waals surface area contributed by atoms with Crippen molar-refractivity contribution in [1.29, 1.82) is 5.26 Å². The third-order valence-corrected chi connectivity index (χ3v) is 4.72. The van der Waals surface area contributed by atoms with Gasteiger partial charge in [0.2, 0.25) is 0 Å². The molecule has 0 spiro atoms. The molecule has 2 aromatic rings. The van der Waals surface area contributed by atoms with E-state index in [0.29, 0.717) is 5.56 Å². The van der Waals surface area contributed by atoms with Crippen molar-refractivity contribution in [3.8, 4) is 22.9 Å². The van der Waals surface area contributed by atoms with Crippen LogP contribution in [0.3, 0.4) is 0 Å². The average Bonchev–Trinajstić information content (AvgIpc) is 2.70. The Bertz CT molecular complexity index is 652. The fraction of sp³-hybridized carbons (Fsp3) is 0.458. The number of nitriles is 1. The molecule has 138 valence electrons. The van der Waals surface area contributed by atoms with Crippen molar-refractivity contribution in [2.45, 2.75) is 64.7 Å². The number of rotatable bonds is 12. The van der Waals surface area contributed by atoms with Gasteiger partial charge in [0, 0.05) is 0 Å². The molecule has 0 N–H and O–H groups in total. The third kappa shape index (κ3) is 7.31. The molecule has 2 rings (SSSR count). The van der Waals surface area contributed by atoms with E-state index in [1.807, 2.05) is 36.4 Å². The van der Waals surface area contributed by atoms with Gasteiger partial charge < -0.3 is 4.74 Å². The summed E-state index contributed by atoms with van der Waals surface area (Å²) >= 11 is 0. The Hall–Kier alpha value is -2.27. The van der Waals surface area contributed by atoms with Gasteiger partial charge in [0.05, 0.1) is 18.2 Å². The SMILES string of the molecule is CCCCCCCCCCCOc1ccc(-c2ccc(C#N)cc2)cc1. The Morgan fingerprint density at radius 2 is 1.19 bits per heavy atom. The van der Waals surface area contributed by atoms with Crippen LogP contribution in [-0.4, -0.2) is 6.61 Å². The van der Waals surface area contributed by atoms with E-state index >= 15 is 0 Å². The summed E-state index contributed by atoms with van der Waals surface area (Å²) in [5, 5.41) is 8.86. The van der Waals surface area contributed by atoms with Crippen LogP contribution in [0.5, 0.6) is 5.75 Å². The normalized spacial score (nSPS) is 10.5. The van der Waals surface area contributed by atoms with E-state index in [0.717, 1.165) is 29.9 Å². The summed E-state index contributed by atoms with van der Waals surface area (Å²) in [5.74, 6) is 0.932. The second kappa shape index (κ2) is 12.1. The summed E-state index contributed by atoms with van der Waals surface area (Å²) in [6.07, 6.45) is 12.0. The van der Waals surface area contributed by atoms with Crippen LogP contribution in [0.15, 0.2) is 48.5 Å². The minimum absolute atomic E-state index is 0.690. The van der Waals surface area contributed by atoms with Gasteiger partial charge in [0.1, 0.15) is 5.75 Å². The molecule has 2 heteroatoms. The van der Waals surface area contributed by atoms with Crippen molar-refractivity contribution >= 4 is 0 Å². The van der Waals surface area contributed by atoms with Crippen LogP contribution in [0.4, 0.5) is 0 Å². The summed E-state index contributed by atoms with van der Waals surface area (Å²) in [6.45, 7) is 3.06.